The molecule has 0 radical (unpaired) electrons. The van der Waals surface area contributed by atoms with Gasteiger partial charge in [-0.1, -0.05) is 41.4 Å². The van der Waals surface area contributed by atoms with Gasteiger partial charge in [0.2, 0.25) is 28.6 Å². The normalized spacial score (nSPS) is 13.2. The Morgan fingerprint density at radius 3 is 2.44 bits per heavy atom. The minimum atomic E-state index is -3.82. The fourth-order valence-corrected chi connectivity index (χ4v) is 4.98. The van der Waals surface area contributed by atoms with Crippen LogP contribution in [0.25, 0.3) is 0 Å². The number of rotatable bonds is 12. The van der Waals surface area contributed by atoms with E-state index >= 15 is 0 Å². The number of unbranched alkanes of at least 4 members (excludes halogenated alkanes) is 1. The van der Waals surface area contributed by atoms with Gasteiger partial charge in [-0.05, 0) is 50.1 Å². The van der Waals surface area contributed by atoms with Crippen molar-refractivity contribution >= 4 is 43.5 Å². The lowest BCUT2D eigenvalue weighted by molar-refractivity contribution is -0.139. The number of hydrogen-bond donors (Lipinski definition) is 1. The molecule has 2 amide bonds. The molecule has 0 bridgehead atoms. The molecule has 1 heterocycles. The number of sulfonamides is 1. The number of anilines is 1. The maximum Gasteiger partial charge on any atom is 0.244 e. The lowest BCUT2D eigenvalue weighted by Crippen LogP contribution is -2.51. The van der Waals surface area contributed by atoms with E-state index in [-0.39, 0.29) is 30.7 Å². The molecule has 0 fully saturated rings. The van der Waals surface area contributed by atoms with Crippen molar-refractivity contribution in [2.24, 2.45) is 0 Å². The van der Waals surface area contributed by atoms with Gasteiger partial charge in [0, 0.05) is 23.6 Å². The second-order valence-electron chi connectivity index (χ2n) is 8.41. The van der Waals surface area contributed by atoms with Gasteiger partial charge >= 0.3 is 0 Å². The standard InChI is InChI=1S/C25H32BrN3O6S/c1-4-6-13-27-25(31)18(3)28(15-19-7-9-20(26)10-8-19)24(30)16-29(36(32,33)5-2)21-11-12-22-23(14-21)35-17-34-22/h7-12,14,18H,4-6,13,15-17H2,1-3H3,(H,27,31)/t18-/m0/s1. The molecule has 0 saturated carbocycles. The van der Waals surface area contributed by atoms with Crippen LogP contribution in [0.5, 0.6) is 11.5 Å². The maximum absolute atomic E-state index is 13.6. The Kier molecular flexibility index (Phi) is 9.61. The highest BCUT2D eigenvalue weighted by Crippen LogP contribution is 2.36. The van der Waals surface area contributed by atoms with Gasteiger partial charge in [-0.2, -0.15) is 0 Å². The number of halogens is 1. The summed E-state index contributed by atoms with van der Waals surface area (Å²) < 4.78 is 38.7. The summed E-state index contributed by atoms with van der Waals surface area (Å²) in [6, 6.07) is 11.3. The number of carbonyl (C=O) groups excluding carboxylic acids is 2. The fourth-order valence-electron chi connectivity index (χ4n) is 3.67. The summed E-state index contributed by atoms with van der Waals surface area (Å²) in [5, 5.41) is 2.87. The number of benzene rings is 2. The Balaban J connectivity index is 1.90. The number of ether oxygens (including phenoxy) is 2. The first kappa shape index (κ1) is 27.8. The van der Waals surface area contributed by atoms with Crippen molar-refractivity contribution in [3.63, 3.8) is 0 Å². The summed E-state index contributed by atoms with van der Waals surface area (Å²) in [5.74, 6) is -0.0680. The van der Waals surface area contributed by atoms with Crippen LogP contribution in [0.4, 0.5) is 5.69 Å². The van der Waals surface area contributed by atoms with Crippen molar-refractivity contribution in [1.82, 2.24) is 10.2 Å². The average molecular weight is 583 g/mol. The minimum Gasteiger partial charge on any atom is -0.454 e. The molecule has 1 atom stereocenters. The van der Waals surface area contributed by atoms with E-state index in [0.29, 0.717) is 18.0 Å². The summed E-state index contributed by atoms with van der Waals surface area (Å²) in [4.78, 5) is 27.9. The Bertz CT molecular complexity index is 1170. The highest BCUT2D eigenvalue weighted by Gasteiger charge is 2.31. The van der Waals surface area contributed by atoms with Crippen molar-refractivity contribution < 1.29 is 27.5 Å². The molecule has 1 N–H and O–H groups in total. The highest BCUT2D eigenvalue weighted by molar-refractivity contribution is 9.10. The summed E-state index contributed by atoms with van der Waals surface area (Å²) in [5.41, 5.74) is 1.10. The predicted octanol–water partition coefficient (Wildman–Crippen LogP) is 3.67. The lowest BCUT2D eigenvalue weighted by Gasteiger charge is -2.32. The second-order valence-corrected chi connectivity index (χ2v) is 11.5. The smallest absolute Gasteiger partial charge is 0.244 e. The van der Waals surface area contributed by atoms with Crippen molar-refractivity contribution in [3.8, 4) is 11.5 Å². The van der Waals surface area contributed by atoms with Gasteiger partial charge in [-0.25, -0.2) is 8.42 Å². The summed E-state index contributed by atoms with van der Waals surface area (Å²) >= 11 is 3.40. The molecule has 0 spiro atoms. The van der Waals surface area contributed by atoms with Gasteiger partial charge in [-0.3, -0.25) is 13.9 Å². The van der Waals surface area contributed by atoms with E-state index in [0.717, 1.165) is 27.2 Å². The molecular weight excluding hydrogens is 550 g/mol. The molecule has 1 aliphatic rings. The van der Waals surface area contributed by atoms with Crippen LogP contribution in [0, 0.1) is 0 Å². The van der Waals surface area contributed by atoms with Gasteiger partial charge in [0.15, 0.2) is 11.5 Å². The van der Waals surface area contributed by atoms with Crippen molar-refractivity contribution in [2.45, 2.75) is 46.2 Å². The first-order valence-electron chi connectivity index (χ1n) is 11.9. The highest BCUT2D eigenvalue weighted by atomic mass is 79.9. The molecule has 3 rings (SSSR count). The van der Waals surface area contributed by atoms with E-state index in [1.165, 1.54) is 11.8 Å². The van der Waals surface area contributed by atoms with Gasteiger partial charge < -0.3 is 19.7 Å². The van der Waals surface area contributed by atoms with Crippen LogP contribution in [0.3, 0.4) is 0 Å². The second kappa shape index (κ2) is 12.4. The van der Waals surface area contributed by atoms with E-state index in [9.17, 15) is 18.0 Å². The molecule has 0 saturated heterocycles. The number of hydrogen-bond acceptors (Lipinski definition) is 6. The van der Waals surface area contributed by atoms with E-state index in [1.807, 2.05) is 31.2 Å². The summed E-state index contributed by atoms with van der Waals surface area (Å²) in [6.07, 6.45) is 1.75. The maximum atomic E-state index is 13.6. The van der Waals surface area contributed by atoms with Crippen molar-refractivity contribution in [1.29, 1.82) is 0 Å². The van der Waals surface area contributed by atoms with Crippen LogP contribution in [-0.4, -0.2) is 56.8 Å². The number of fused-ring (bicyclic) bond motifs is 1. The van der Waals surface area contributed by atoms with Gasteiger partial charge in [0.1, 0.15) is 12.6 Å². The molecule has 196 valence electrons. The third-order valence-electron chi connectivity index (χ3n) is 5.89. The van der Waals surface area contributed by atoms with Crippen LogP contribution in [-0.2, 0) is 26.2 Å². The van der Waals surface area contributed by atoms with E-state index in [1.54, 1.807) is 25.1 Å². The van der Waals surface area contributed by atoms with E-state index < -0.39 is 28.5 Å². The van der Waals surface area contributed by atoms with Crippen LogP contribution in [0.1, 0.15) is 39.2 Å². The minimum absolute atomic E-state index is 0.0455. The first-order valence-corrected chi connectivity index (χ1v) is 14.3. The molecule has 0 aromatic heterocycles. The van der Waals surface area contributed by atoms with Crippen LogP contribution >= 0.6 is 15.9 Å². The number of amides is 2. The SMILES string of the molecule is CCCCNC(=O)[C@H](C)N(Cc1ccc(Br)cc1)C(=O)CN(c1ccc2c(c1)OCO2)S(=O)(=O)CC. The largest absolute Gasteiger partial charge is 0.454 e. The van der Waals surface area contributed by atoms with Crippen LogP contribution in [0.2, 0.25) is 0 Å². The molecule has 2 aromatic rings. The van der Waals surface area contributed by atoms with Crippen molar-refractivity contribution in [3.05, 3.63) is 52.5 Å². The number of carbonyl (C=O) groups is 2. The third kappa shape index (κ3) is 6.91. The molecule has 36 heavy (non-hydrogen) atoms. The Hall–Kier alpha value is -2.79. The molecule has 2 aromatic carbocycles. The lowest BCUT2D eigenvalue weighted by atomic mass is 10.1. The number of nitrogens with zero attached hydrogens (tertiary/aromatic N) is 2. The average Bonchev–Trinajstić information content (AvgIpc) is 3.34. The molecule has 1 aliphatic heterocycles. The Morgan fingerprint density at radius 1 is 1.08 bits per heavy atom. The Morgan fingerprint density at radius 2 is 1.78 bits per heavy atom. The Labute approximate surface area is 220 Å². The molecular formula is C25H32BrN3O6S. The predicted molar refractivity (Wildman–Crippen MR) is 141 cm³/mol. The molecule has 0 unspecified atom stereocenters. The van der Waals surface area contributed by atoms with Crippen molar-refractivity contribution in [2.75, 3.05) is 29.9 Å². The van der Waals surface area contributed by atoms with Gasteiger partial charge in [0.05, 0.1) is 11.4 Å². The topological polar surface area (TPSA) is 105 Å². The van der Waals surface area contributed by atoms with Gasteiger partial charge in [-0.15, -0.1) is 0 Å². The summed E-state index contributed by atoms with van der Waals surface area (Å²) in [7, 11) is -3.82. The van der Waals surface area contributed by atoms with E-state index in [2.05, 4.69) is 21.2 Å². The van der Waals surface area contributed by atoms with Crippen LogP contribution in [0.15, 0.2) is 46.9 Å². The molecule has 11 heteroatoms. The first-order chi connectivity index (χ1) is 17.2. The third-order valence-corrected chi connectivity index (χ3v) is 8.16. The summed E-state index contributed by atoms with van der Waals surface area (Å²) in [6.45, 7) is 5.43. The monoisotopic (exact) mass is 581 g/mol. The molecule has 9 nitrogen and oxygen atoms in total. The quantitative estimate of drug-likeness (QED) is 0.383. The zero-order valence-corrected chi connectivity index (χ0v) is 23.1. The van der Waals surface area contributed by atoms with E-state index in [4.69, 9.17) is 9.47 Å². The molecule has 0 aliphatic carbocycles. The fraction of sp³-hybridized carbons (Fsp3) is 0.440. The zero-order chi connectivity index (χ0) is 26.3. The van der Waals surface area contributed by atoms with Gasteiger partial charge in [0.25, 0.3) is 0 Å². The number of nitrogens with one attached hydrogen (secondary N) is 1. The zero-order valence-electron chi connectivity index (χ0n) is 20.7. The van der Waals surface area contributed by atoms with Crippen LogP contribution < -0.4 is 19.1 Å².